The number of fused-ring (bicyclic) bond motifs is 1. The summed E-state index contributed by atoms with van der Waals surface area (Å²) < 4.78 is 13.9. The van der Waals surface area contributed by atoms with E-state index < -0.39 is 0 Å². The van der Waals surface area contributed by atoms with E-state index in [0.717, 1.165) is 12.8 Å². The van der Waals surface area contributed by atoms with Crippen molar-refractivity contribution in [1.82, 2.24) is 19.5 Å². The minimum Gasteiger partial charge on any atom is -0.377 e. The predicted molar refractivity (Wildman–Crippen MR) is 130 cm³/mol. The lowest BCUT2D eigenvalue weighted by Crippen LogP contribution is -2.16. The highest BCUT2D eigenvalue weighted by Crippen LogP contribution is 2.22. The van der Waals surface area contributed by atoms with Gasteiger partial charge in [0.05, 0.1) is 19.5 Å². The fraction of sp³-hybridized carbons (Fsp3) is 0.320. The summed E-state index contributed by atoms with van der Waals surface area (Å²) in [5.74, 6) is 0.451. The third-order valence-electron chi connectivity index (χ3n) is 5.46. The molecule has 0 fully saturated rings. The molecule has 2 aromatic carbocycles. The molecule has 0 bridgehead atoms. The first-order chi connectivity index (χ1) is 16.2. The van der Waals surface area contributed by atoms with E-state index in [9.17, 15) is 0 Å². The van der Waals surface area contributed by atoms with Crippen molar-refractivity contribution in [3.63, 3.8) is 0 Å². The Morgan fingerprint density at radius 2 is 1.42 bits per heavy atom. The number of nitrogens with zero attached hydrogens (tertiary/aromatic N) is 4. The molecule has 0 spiro atoms. The van der Waals surface area contributed by atoms with Crippen molar-refractivity contribution in [2.75, 3.05) is 18.9 Å². The molecule has 0 saturated carbocycles. The lowest BCUT2D eigenvalue weighted by molar-refractivity contribution is 0.0808. The molecule has 2 N–H and O–H groups in total. The van der Waals surface area contributed by atoms with E-state index in [4.69, 9.17) is 26.8 Å². The molecule has 7 nitrogen and oxygen atoms in total. The Morgan fingerprint density at radius 3 is 2.00 bits per heavy atom. The third-order valence-corrected chi connectivity index (χ3v) is 5.72. The monoisotopic (exact) mass is 465 g/mol. The molecular weight excluding hydrogens is 438 g/mol. The van der Waals surface area contributed by atoms with E-state index >= 15 is 0 Å². The highest BCUT2D eigenvalue weighted by molar-refractivity contribution is 6.33. The van der Waals surface area contributed by atoms with Gasteiger partial charge < -0.3 is 19.8 Å². The van der Waals surface area contributed by atoms with Gasteiger partial charge in [-0.2, -0.15) is 9.97 Å². The number of halogens is 1. The van der Waals surface area contributed by atoms with E-state index in [1.54, 1.807) is 6.33 Å². The summed E-state index contributed by atoms with van der Waals surface area (Å²) in [4.78, 5) is 12.7. The smallest absolute Gasteiger partial charge is 0.223 e. The lowest BCUT2D eigenvalue weighted by Gasteiger charge is -2.18. The minimum absolute atomic E-state index is 0.142. The van der Waals surface area contributed by atoms with Crippen molar-refractivity contribution < 1.29 is 9.47 Å². The number of hydrogen-bond acceptors (Lipinski definition) is 6. The number of nitrogens with two attached hydrogens (primary N) is 1. The van der Waals surface area contributed by atoms with Gasteiger partial charge in [0, 0.05) is 19.8 Å². The van der Waals surface area contributed by atoms with E-state index in [-0.39, 0.29) is 11.1 Å². The molecule has 0 atom stereocenters. The molecule has 0 unspecified atom stereocenters. The standard InChI is InChI=1S/C25H28ClN5O2/c26-23-22-24(30-25(27)29-23)31(18-28-22)15-19(11-13-32-16-20-7-3-1-4-8-20)12-14-33-17-21-9-5-2-6-10-21/h1-10,18-19H,11-17H2,(H2,27,29,30). The number of benzene rings is 2. The Morgan fingerprint density at radius 1 is 0.848 bits per heavy atom. The third kappa shape index (κ3) is 6.74. The maximum Gasteiger partial charge on any atom is 0.223 e. The molecule has 0 aliphatic carbocycles. The average Bonchev–Trinajstić information content (AvgIpc) is 3.23. The second-order valence-electron chi connectivity index (χ2n) is 7.96. The van der Waals surface area contributed by atoms with E-state index in [2.05, 4.69) is 39.2 Å². The molecule has 2 heterocycles. The Labute approximate surface area is 198 Å². The molecule has 0 amide bonds. The summed E-state index contributed by atoms with van der Waals surface area (Å²) >= 11 is 6.19. The van der Waals surface area contributed by atoms with Crippen LogP contribution >= 0.6 is 11.6 Å². The van der Waals surface area contributed by atoms with Gasteiger partial charge in [-0.05, 0) is 29.9 Å². The zero-order chi connectivity index (χ0) is 22.9. The first-order valence-electron chi connectivity index (χ1n) is 11.1. The number of imidazole rings is 1. The van der Waals surface area contributed by atoms with Crippen LogP contribution in [0.25, 0.3) is 11.2 Å². The normalized spacial score (nSPS) is 11.5. The first-order valence-corrected chi connectivity index (χ1v) is 11.4. The fourth-order valence-electron chi connectivity index (χ4n) is 3.69. The molecule has 0 radical (unpaired) electrons. The zero-order valence-electron chi connectivity index (χ0n) is 18.4. The summed E-state index contributed by atoms with van der Waals surface area (Å²) in [6.07, 6.45) is 3.51. The number of aromatic nitrogens is 4. The highest BCUT2D eigenvalue weighted by Gasteiger charge is 2.16. The Kier molecular flexibility index (Phi) is 8.24. The van der Waals surface area contributed by atoms with Crippen molar-refractivity contribution in [1.29, 1.82) is 0 Å². The molecule has 0 aliphatic heterocycles. The van der Waals surface area contributed by atoms with Gasteiger partial charge in [0.25, 0.3) is 0 Å². The molecule has 0 saturated heterocycles. The van der Waals surface area contributed by atoms with Crippen LogP contribution in [-0.2, 0) is 29.2 Å². The minimum atomic E-state index is 0.142. The molecule has 0 aliphatic rings. The highest BCUT2D eigenvalue weighted by atomic mass is 35.5. The quantitative estimate of drug-likeness (QED) is 0.236. The lowest BCUT2D eigenvalue weighted by atomic mass is 10.0. The molecule has 4 rings (SSSR count). The number of rotatable bonds is 12. The number of anilines is 1. The van der Waals surface area contributed by atoms with Crippen molar-refractivity contribution in [2.24, 2.45) is 5.92 Å². The van der Waals surface area contributed by atoms with Gasteiger partial charge in [0.1, 0.15) is 5.52 Å². The van der Waals surface area contributed by atoms with Crippen LogP contribution in [0.4, 0.5) is 5.95 Å². The summed E-state index contributed by atoms with van der Waals surface area (Å²) in [5, 5.41) is 0.269. The average molecular weight is 466 g/mol. The summed E-state index contributed by atoms with van der Waals surface area (Å²) in [5.41, 5.74) is 9.35. The van der Waals surface area contributed by atoms with Gasteiger partial charge in [-0.1, -0.05) is 72.3 Å². The molecule has 4 aromatic rings. The summed E-state index contributed by atoms with van der Waals surface area (Å²) in [6.45, 7) is 3.23. The van der Waals surface area contributed by atoms with E-state index in [0.29, 0.717) is 50.1 Å². The largest absolute Gasteiger partial charge is 0.377 e. The van der Waals surface area contributed by atoms with Gasteiger partial charge >= 0.3 is 0 Å². The van der Waals surface area contributed by atoms with E-state index in [1.807, 2.05) is 41.0 Å². The van der Waals surface area contributed by atoms with Crippen LogP contribution in [0.2, 0.25) is 5.15 Å². The second kappa shape index (κ2) is 11.7. The zero-order valence-corrected chi connectivity index (χ0v) is 19.2. The van der Waals surface area contributed by atoms with Crippen molar-refractivity contribution in [3.05, 3.63) is 83.3 Å². The maximum atomic E-state index is 6.19. The van der Waals surface area contributed by atoms with Gasteiger partial charge in [-0.15, -0.1) is 0 Å². The van der Waals surface area contributed by atoms with Crippen molar-refractivity contribution >= 4 is 28.7 Å². The Hall–Kier alpha value is -3.00. The van der Waals surface area contributed by atoms with Crippen LogP contribution in [0.1, 0.15) is 24.0 Å². The second-order valence-corrected chi connectivity index (χ2v) is 8.32. The molecule has 8 heteroatoms. The van der Waals surface area contributed by atoms with Crippen LogP contribution in [-0.4, -0.2) is 32.7 Å². The SMILES string of the molecule is Nc1nc(Cl)c2ncn(CC(CCOCc3ccccc3)CCOCc3ccccc3)c2n1. The van der Waals surface area contributed by atoms with Gasteiger partial charge in [-0.3, -0.25) is 0 Å². The Bertz CT molecular complexity index is 1090. The van der Waals surface area contributed by atoms with Crippen LogP contribution < -0.4 is 5.73 Å². The molecule has 172 valence electrons. The topological polar surface area (TPSA) is 88.1 Å². The fourth-order valence-corrected chi connectivity index (χ4v) is 3.91. The van der Waals surface area contributed by atoms with Crippen molar-refractivity contribution in [3.8, 4) is 0 Å². The predicted octanol–water partition coefficient (Wildman–Crippen LogP) is 4.89. The maximum absolute atomic E-state index is 6.19. The molecule has 2 aromatic heterocycles. The van der Waals surface area contributed by atoms with Gasteiger partial charge in [0.15, 0.2) is 10.8 Å². The van der Waals surface area contributed by atoms with Crippen LogP contribution in [0.5, 0.6) is 0 Å². The Balaban J connectivity index is 1.36. The number of hydrogen-bond donors (Lipinski definition) is 1. The van der Waals surface area contributed by atoms with Crippen LogP contribution in [0, 0.1) is 5.92 Å². The number of nitrogen functional groups attached to an aromatic ring is 1. The van der Waals surface area contributed by atoms with Crippen LogP contribution in [0.15, 0.2) is 67.0 Å². The molecular formula is C25H28ClN5O2. The summed E-state index contributed by atoms with van der Waals surface area (Å²) in [6, 6.07) is 20.4. The van der Waals surface area contributed by atoms with Crippen molar-refractivity contribution in [2.45, 2.75) is 32.6 Å². The number of ether oxygens (including phenoxy) is 2. The van der Waals surface area contributed by atoms with E-state index in [1.165, 1.54) is 11.1 Å². The van der Waals surface area contributed by atoms with Gasteiger partial charge in [0.2, 0.25) is 5.95 Å². The molecule has 33 heavy (non-hydrogen) atoms. The van der Waals surface area contributed by atoms with Crippen LogP contribution in [0.3, 0.4) is 0 Å². The summed E-state index contributed by atoms with van der Waals surface area (Å²) in [7, 11) is 0. The van der Waals surface area contributed by atoms with Gasteiger partial charge in [-0.25, -0.2) is 4.98 Å². The first kappa shape index (κ1) is 23.2.